The molecule has 6 heteroatoms. The predicted octanol–water partition coefficient (Wildman–Crippen LogP) is 1.28. The van der Waals surface area contributed by atoms with Gasteiger partial charge in [0.2, 0.25) is 5.82 Å². The molecule has 0 saturated heterocycles. The van der Waals surface area contributed by atoms with Gasteiger partial charge in [0, 0.05) is 18.2 Å². The molecule has 88 valence electrons. The largest absolute Gasteiger partial charge is 0.393 e. The normalized spacial score (nSPS) is 12.4. The third-order valence-electron chi connectivity index (χ3n) is 2.22. The molecule has 1 heterocycles. The molecule has 1 rings (SSSR count). The second-order valence-electron chi connectivity index (χ2n) is 3.61. The van der Waals surface area contributed by atoms with E-state index in [-0.39, 0.29) is 11.5 Å². The van der Waals surface area contributed by atoms with E-state index in [2.05, 4.69) is 4.98 Å². The molecular weight excluding hydrogens is 210 g/mol. The van der Waals surface area contributed by atoms with Crippen molar-refractivity contribution >= 4 is 11.5 Å². The molecule has 0 radical (unpaired) electrons. The van der Waals surface area contributed by atoms with Crippen molar-refractivity contribution in [2.24, 2.45) is 0 Å². The maximum atomic E-state index is 10.5. The molecule has 0 amide bonds. The average molecular weight is 225 g/mol. The van der Waals surface area contributed by atoms with Crippen LogP contribution >= 0.6 is 0 Å². The zero-order valence-corrected chi connectivity index (χ0v) is 9.09. The summed E-state index contributed by atoms with van der Waals surface area (Å²) < 4.78 is 0. The van der Waals surface area contributed by atoms with Crippen LogP contribution in [-0.2, 0) is 6.42 Å². The first-order chi connectivity index (χ1) is 7.54. The molecule has 0 bridgehead atoms. The lowest BCUT2D eigenvalue weighted by molar-refractivity contribution is -0.384. The van der Waals surface area contributed by atoms with E-state index in [0.717, 1.165) is 6.42 Å². The van der Waals surface area contributed by atoms with E-state index in [1.807, 2.05) is 6.92 Å². The third-order valence-corrected chi connectivity index (χ3v) is 2.22. The average Bonchev–Trinajstić information content (AvgIpc) is 2.17. The number of nitrogens with two attached hydrogens (primary N) is 1. The highest BCUT2D eigenvalue weighted by Gasteiger charge is 2.14. The van der Waals surface area contributed by atoms with Crippen molar-refractivity contribution in [1.29, 1.82) is 0 Å². The van der Waals surface area contributed by atoms with E-state index in [1.54, 1.807) is 0 Å². The lowest BCUT2D eigenvalue weighted by Crippen LogP contribution is -2.12. The highest BCUT2D eigenvalue weighted by Crippen LogP contribution is 2.19. The van der Waals surface area contributed by atoms with Crippen LogP contribution < -0.4 is 5.73 Å². The van der Waals surface area contributed by atoms with Gasteiger partial charge in [-0.3, -0.25) is 10.1 Å². The Bertz CT molecular complexity index is 382. The fourth-order valence-corrected chi connectivity index (χ4v) is 1.45. The first-order valence-electron chi connectivity index (χ1n) is 5.12. The molecule has 16 heavy (non-hydrogen) atoms. The Morgan fingerprint density at radius 2 is 2.31 bits per heavy atom. The van der Waals surface area contributed by atoms with Gasteiger partial charge in [-0.25, -0.2) is 4.98 Å². The van der Waals surface area contributed by atoms with Crippen LogP contribution in [0.25, 0.3) is 0 Å². The lowest BCUT2D eigenvalue weighted by Gasteiger charge is -2.08. The number of nitro groups is 1. The maximum Gasteiger partial charge on any atom is 0.311 e. The van der Waals surface area contributed by atoms with Gasteiger partial charge in [-0.1, -0.05) is 13.3 Å². The highest BCUT2D eigenvalue weighted by atomic mass is 16.6. The second-order valence-corrected chi connectivity index (χ2v) is 3.61. The molecule has 1 aromatic heterocycles. The van der Waals surface area contributed by atoms with Crippen molar-refractivity contribution in [3.63, 3.8) is 0 Å². The summed E-state index contributed by atoms with van der Waals surface area (Å²) in [7, 11) is 0. The van der Waals surface area contributed by atoms with Gasteiger partial charge in [0.25, 0.3) is 0 Å². The van der Waals surface area contributed by atoms with Gasteiger partial charge < -0.3 is 10.8 Å². The lowest BCUT2D eigenvalue weighted by atomic mass is 10.1. The number of aliphatic hydroxyl groups is 1. The summed E-state index contributed by atoms with van der Waals surface area (Å²) in [5.74, 6) is -0.105. The molecule has 3 N–H and O–H groups in total. The Morgan fingerprint density at radius 1 is 1.62 bits per heavy atom. The van der Waals surface area contributed by atoms with Crippen molar-refractivity contribution in [2.75, 3.05) is 5.73 Å². The highest BCUT2D eigenvalue weighted by molar-refractivity contribution is 5.52. The van der Waals surface area contributed by atoms with Gasteiger partial charge in [-0.05, 0) is 12.5 Å². The number of pyridine rings is 1. The van der Waals surface area contributed by atoms with E-state index in [0.29, 0.717) is 18.5 Å². The van der Waals surface area contributed by atoms with Crippen LogP contribution in [0.15, 0.2) is 12.1 Å². The Labute approximate surface area is 93.3 Å². The summed E-state index contributed by atoms with van der Waals surface area (Å²) in [5.41, 5.74) is 5.81. The van der Waals surface area contributed by atoms with E-state index < -0.39 is 11.0 Å². The van der Waals surface area contributed by atoms with Crippen LogP contribution in [-0.4, -0.2) is 21.1 Å². The van der Waals surface area contributed by atoms with Gasteiger partial charge in [0.15, 0.2) is 0 Å². The van der Waals surface area contributed by atoms with Crippen LogP contribution in [0.2, 0.25) is 0 Å². The summed E-state index contributed by atoms with van der Waals surface area (Å²) in [6, 6.07) is 2.84. The smallest absolute Gasteiger partial charge is 0.311 e. The van der Waals surface area contributed by atoms with E-state index in [1.165, 1.54) is 12.1 Å². The van der Waals surface area contributed by atoms with E-state index in [9.17, 15) is 15.2 Å². The van der Waals surface area contributed by atoms with Crippen LogP contribution in [0.3, 0.4) is 0 Å². The van der Waals surface area contributed by atoms with Crippen molar-refractivity contribution in [3.05, 3.63) is 27.9 Å². The van der Waals surface area contributed by atoms with Crippen molar-refractivity contribution in [3.8, 4) is 0 Å². The number of hydrogen-bond donors (Lipinski definition) is 2. The molecule has 1 atom stereocenters. The van der Waals surface area contributed by atoms with Gasteiger partial charge >= 0.3 is 5.69 Å². The Hall–Kier alpha value is -1.69. The molecule has 0 aliphatic heterocycles. The summed E-state index contributed by atoms with van der Waals surface area (Å²) in [6.45, 7) is 1.97. The predicted molar refractivity (Wildman–Crippen MR) is 59.9 cm³/mol. The first kappa shape index (κ1) is 12.4. The number of anilines is 1. The van der Waals surface area contributed by atoms with Crippen LogP contribution in [0.5, 0.6) is 0 Å². The number of nitrogen functional groups attached to an aromatic ring is 1. The van der Waals surface area contributed by atoms with Crippen molar-refractivity contribution in [1.82, 2.24) is 4.98 Å². The van der Waals surface area contributed by atoms with Crippen LogP contribution in [0.1, 0.15) is 25.5 Å². The zero-order valence-electron chi connectivity index (χ0n) is 9.09. The molecule has 0 aliphatic rings. The van der Waals surface area contributed by atoms with Gasteiger partial charge in [-0.15, -0.1) is 0 Å². The Kier molecular flexibility index (Phi) is 4.19. The number of rotatable bonds is 5. The summed E-state index contributed by atoms with van der Waals surface area (Å²) in [6.07, 6.45) is 1.46. The summed E-state index contributed by atoms with van der Waals surface area (Å²) >= 11 is 0. The second kappa shape index (κ2) is 5.41. The van der Waals surface area contributed by atoms with Gasteiger partial charge in [0.05, 0.1) is 11.0 Å². The minimum atomic E-state index is -0.575. The molecule has 0 fully saturated rings. The molecule has 0 saturated carbocycles. The standard InChI is InChI=1S/C10H15N3O3/c1-2-3-8(14)6-7-4-5-9(13(15)16)10(11)12-7/h4-5,8,14H,2-3,6H2,1H3,(H2,11,12). The number of aromatic nitrogens is 1. The Morgan fingerprint density at radius 3 is 2.81 bits per heavy atom. The quantitative estimate of drug-likeness (QED) is 0.580. The number of nitrogens with zero attached hydrogens (tertiary/aromatic N) is 2. The number of aliphatic hydroxyl groups excluding tert-OH is 1. The Balaban J connectivity index is 2.77. The summed E-state index contributed by atoms with van der Waals surface area (Å²) in [4.78, 5) is 13.8. The summed E-state index contributed by atoms with van der Waals surface area (Å²) in [5, 5.41) is 20.1. The fraction of sp³-hybridized carbons (Fsp3) is 0.500. The van der Waals surface area contributed by atoms with E-state index in [4.69, 9.17) is 5.73 Å². The molecule has 0 aromatic carbocycles. The van der Waals surface area contributed by atoms with Gasteiger partial charge in [0.1, 0.15) is 0 Å². The van der Waals surface area contributed by atoms with Gasteiger partial charge in [-0.2, -0.15) is 0 Å². The molecular formula is C10H15N3O3. The van der Waals surface area contributed by atoms with E-state index >= 15 is 0 Å². The first-order valence-corrected chi connectivity index (χ1v) is 5.12. The molecule has 1 aromatic rings. The molecule has 6 nitrogen and oxygen atoms in total. The van der Waals surface area contributed by atoms with Crippen molar-refractivity contribution < 1.29 is 10.0 Å². The van der Waals surface area contributed by atoms with Crippen LogP contribution in [0.4, 0.5) is 11.5 Å². The fourth-order valence-electron chi connectivity index (χ4n) is 1.45. The molecule has 0 aliphatic carbocycles. The maximum absolute atomic E-state index is 10.5. The minimum absolute atomic E-state index is 0.105. The molecule has 1 unspecified atom stereocenters. The third kappa shape index (κ3) is 3.16. The van der Waals surface area contributed by atoms with Crippen LogP contribution in [0, 0.1) is 10.1 Å². The zero-order chi connectivity index (χ0) is 12.1. The molecule has 0 spiro atoms. The number of hydrogen-bond acceptors (Lipinski definition) is 5. The SMILES string of the molecule is CCCC(O)Cc1ccc([N+](=O)[O-])c(N)n1. The van der Waals surface area contributed by atoms with Crippen molar-refractivity contribution in [2.45, 2.75) is 32.3 Å². The monoisotopic (exact) mass is 225 g/mol. The topological polar surface area (TPSA) is 102 Å². The minimum Gasteiger partial charge on any atom is -0.393 e.